The second kappa shape index (κ2) is 6.44. The van der Waals surface area contributed by atoms with Gasteiger partial charge in [-0.15, -0.1) is 0 Å². The number of ether oxygens (including phenoxy) is 3. The van der Waals surface area contributed by atoms with Gasteiger partial charge >= 0.3 is 0 Å². The normalized spacial score (nSPS) is 16.7. The van der Waals surface area contributed by atoms with Crippen molar-refractivity contribution < 1.29 is 14.2 Å². The molecule has 0 bridgehead atoms. The van der Waals surface area contributed by atoms with Crippen LogP contribution < -0.4 is 9.47 Å². The van der Waals surface area contributed by atoms with Crippen molar-refractivity contribution in [3.8, 4) is 11.5 Å². The molecule has 0 radical (unpaired) electrons. The van der Waals surface area contributed by atoms with Gasteiger partial charge < -0.3 is 14.2 Å². The highest BCUT2D eigenvalue weighted by Crippen LogP contribution is 2.21. The molecule has 2 aromatic rings. The third kappa shape index (κ3) is 4.00. The highest BCUT2D eigenvalue weighted by atomic mass is 16.6. The molecule has 3 heteroatoms. The van der Waals surface area contributed by atoms with Crippen molar-refractivity contribution in [3.63, 3.8) is 0 Å². The van der Waals surface area contributed by atoms with E-state index in [4.69, 9.17) is 14.2 Å². The van der Waals surface area contributed by atoms with Crippen molar-refractivity contribution >= 4 is 0 Å². The summed E-state index contributed by atoms with van der Waals surface area (Å²) in [7, 11) is 0. The lowest BCUT2D eigenvalue weighted by Crippen LogP contribution is -2.05. The maximum absolute atomic E-state index is 5.76. The molecule has 3 nitrogen and oxygen atoms in total. The second-order valence-electron chi connectivity index (χ2n) is 4.83. The van der Waals surface area contributed by atoms with Crippen LogP contribution in [0.25, 0.3) is 0 Å². The lowest BCUT2D eigenvalue weighted by molar-refractivity contribution is 0.260. The van der Waals surface area contributed by atoms with Gasteiger partial charge in [-0.25, -0.2) is 0 Å². The third-order valence-electron chi connectivity index (χ3n) is 3.15. The summed E-state index contributed by atoms with van der Waals surface area (Å²) in [6, 6.07) is 18.1. The highest BCUT2D eigenvalue weighted by Gasteiger charge is 2.23. The number of benzene rings is 2. The Bertz CT molecular complexity index is 535. The largest absolute Gasteiger partial charge is 0.493 e. The van der Waals surface area contributed by atoms with E-state index in [9.17, 15) is 0 Å². The average Bonchev–Trinajstić information content (AvgIpc) is 3.31. The molecule has 1 fully saturated rings. The maximum Gasteiger partial charge on any atom is 0.123 e. The van der Waals surface area contributed by atoms with Gasteiger partial charge in [-0.3, -0.25) is 0 Å². The third-order valence-corrected chi connectivity index (χ3v) is 3.15. The number of epoxide rings is 1. The Labute approximate surface area is 119 Å². The molecule has 104 valence electrons. The fourth-order valence-electron chi connectivity index (χ4n) is 1.94. The first-order chi connectivity index (χ1) is 9.90. The molecule has 1 aliphatic heterocycles. The van der Waals surface area contributed by atoms with Crippen LogP contribution in [0.4, 0.5) is 0 Å². The molecule has 0 aromatic heterocycles. The smallest absolute Gasteiger partial charge is 0.123 e. The van der Waals surface area contributed by atoms with E-state index in [1.165, 1.54) is 5.56 Å². The van der Waals surface area contributed by atoms with Crippen LogP contribution in [0, 0.1) is 0 Å². The average molecular weight is 270 g/mol. The van der Waals surface area contributed by atoms with Gasteiger partial charge in [0.2, 0.25) is 0 Å². The summed E-state index contributed by atoms with van der Waals surface area (Å²) in [6.07, 6.45) is 1.18. The summed E-state index contributed by atoms with van der Waals surface area (Å²) >= 11 is 0. The summed E-state index contributed by atoms with van der Waals surface area (Å²) in [6.45, 7) is 2.10. The summed E-state index contributed by atoms with van der Waals surface area (Å²) in [5.74, 6) is 1.67. The first-order valence-electron chi connectivity index (χ1n) is 6.91. The second-order valence-corrected chi connectivity index (χ2v) is 4.83. The zero-order chi connectivity index (χ0) is 13.6. The van der Waals surface area contributed by atoms with Gasteiger partial charge in [-0.1, -0.05) is 36.4 Å². The minimum atomic E-state index is 0.276. The van der Waals surface area contributed by atoms with Crippen LogP contribution in [-0.4, -0.2) is 25.9 Å². The van der Waals surface area contributed by atoms with Gasteiger partial charge in [0.1, 0.15) is 24.2 Å². The zero-order valence-electron chi connectivity index (χ0n) is 11.3. The predicted molar refractivity (Wildman–Crippen MR) is 77.3 cm³/mol. The molecule has 1 heterocycles. The summed E-state index contributed by atoms with van der Waals surface area (Å²) in [4.78, 5) is 0. The summed E-state index contributed by atoms with van der Waals surface area (Å²) in [5.41, 5.74) is 1.28. The molecular weight excluding hydrogens is 252 g/mol. The Balaban J connectivity index is 1.47. The molecule has 0 saturated carbocycles. The lowest BCUT2D eigenvalue weighted by atomic mass is 10.2. The monoisotopic (exact) mass is 270 g/mol. The van der Waals surface area contributed by atoms with Gasteiger partial charge in [0.05, 0.1) is 13.2 Å². The topological polar surface area (TPSA) is 31.0 Å². The van der Waals surface area contributed by atoms with Crippen molar-refractivity contribution in [2.24, 2.45) is 0 Å². The van der Waals surface area contributed by atoms with Gasteiger partial charge in [-0.05, 0) is 17.7 Å². The van der Waals surface area contributed by atoms with Crippen LogP contribution in [0.1, 0.15) is 5.56 Å². The maximum atomic E-state index is 5.76. The van der Waals surface area contributed by atoms with E-state index >= 15 is 0 Å². The SMILES string of the molecule is c1ccc(CCOc2cccc(OC[C@H]3CO3)c2)cc1. The molecule has 0 aliphatic carbocycles. The minimum Gasteiger partial charge on any atom is -0.493 e. The first-order valence-corrected chi connectivity index (χ1v) is 6.91. The van der Waals surface area contributed by atoms with E-state index < -0.39 is 0 Å². The van der Waals surface area contributed by atoms with E-state index in [1.807, 2.05) is 42.5 Å². The minimum absolute atomic E-state index is 0.276. The fraction of sp³-hybridized carbons (Fsp3) is 0.294. The van der Waals surface area contributed by atoms with Crippen molar-refractivity contribution in [2.75, 3.05) is 19.8 Å². The molecule has 1 atom stereocenters. The van der Waals surface area contributed by atoms with Crippen molar-refractivity contribution in [3.05, 3.63) is 60.2 Å². The standard InChI is InChI=1S/C17H18O3/c1-2-5-14(6-3-1)9-10-18-15-7-4-8-16(11-15)19-12-17-13-20-17/h1-8,11,17H,9-10,12-13H2/t17-/m0/s1. The highest BCUT2D eigenvalue weighted by molar-refractivity contribution is 5.33. The quantitative estimate of drug-likeness (QED) is 0.724. The molecule has 0 N–H and O–H groups in total. The van der Waals surface area contributed by atoms with Gasteiger partial charge in [-0.2, -0.15) is 0 Å². The number of rotatable bonds is 7. The predicted octanol–water partition coefficient (Wildman–Crippen LogP) is 3.09. The van der Waals surface area contributed by atoms with Crippen LogP contribution in [0.15, 0.2) is 54.6 Å². The van der Waals surface area contributed by atoms with Gasteiger partial charge in [0, 0.05) is 12.5 Å². The molecule has 20 heavy (non-hydrogen) atoms. The van der Waals surface area contributed by atoms with Gasteiger partial charge in [0.15, 0.2) is 0 Å². The van der Waals surface area contributed by atoms with Crippen LogP contribution >= 0.6 is 0 Å². The van der Waals surface area contributed by atoms with Crippen LogP contribution in [-0.2, 0) is 11.2 Å². The Morgan fingerprint density at radius 3 is 2.45 bits per heavy atom. The summed E-state index contributed by atoms with van der Waals surface area (Å²) in [5, 5.41) is 0. The molecule has 0 amide bonds. The number of hydrogen-bond acceptors (Lipinski definition) is 3. The molecular formula is C17H18O3. The van der Waals surface area contributed by atoms with E-state index in [0.717, 1.165) is 24.5 Å². The van der Waals surface area contributed by atoms with Crippen molar-refractivity contribution in [1.82, 2.24) is 0 Å². The molecule has 1 saturated heterocycles. The van der Waals surface area contributed by atoms with E-state index in [2.05, 4.69) is 12.1 Å². The van der Waals surface area contributed by atoms with Crippen molar-refractivity contribution in [1.29, 1.82) is 0 Å². The number of hydrogen-bond donors (Lipinski definition) is 0. The van der Waals surface area contributed by atoms with E-state index in [-0.39, 0.29) is 6.10 Å². The van der Waals surface area contributed by atoms with Gasteiger partial charge in [0.25, 0.3) is 0 Å². The van der Waals surface area contributed by atoms with Crippen LogP contribution in [0.3, 0.4) is 0 Å². The molecule has 0 spiro atoms. The Morgan fingerprint density at radius 2 is 1.70 bits per heavy atom. The summed E-state index contributed by atoms with van der Waals surface area (Å²) < 4.78 is 16.5. The Hall–Kier alpha value is -2.00. The Morgan fingerprint density at radius 1 is 0.950 bits per heavy atom. The first kappa shape index (κ1) is 13.0. The Kier molecular flexibility index (Phi) is 4.19. The zero-order valence-corrected chi connectivity index (χ0v) is 11.3. The van der Waals surface area contributed by atoms with E-state index in [1.54, 1.807) is 0 Å². The van der Waals surface area contributed by atoms with Crippen LogP contribution in [0.5, 0.6) is 11.5 Å². The molecule has 0 unspecified atom stereocenters. The molecule has 2 aromatic carbocycles. The lowest BCUT2D eigenvalue weighted by Gasteiger charge is -2.09. The van der Waals surface area contributed by atoms with E-state index in [0.29, 0.717) is 13.2 Å². The van der Waals surface area contributed by atoms with Crippen molar-refractivity contribution in [2.45, 2.75) is 12.5 Å². The molecule has 3 rings (SSSR count). The van der Waals surface area contributed by atoms with Crippen LogP contribution in [0.2, 0.25) is 0 Å². The molecule has 1 aliphatic rings. The fourth-order valence-corrected chi connectivity index (χ4v) is 1.94.